The van der Waals surface area contributed by atoms with Crippen molar-refractivity contribution in [3.8, 4) is 0 Å². The van der Waals surface area contributed by atoms with Crippen LogP contribution in [0.1, 0.15) is 22.5 Å². The molecule has 0 spiro atoms. The molecule has 2 amide bonds. The number of amides is 2. The number of fused-ring (bicyclic) bond motifs is 1. The molecule has 3 aromatic rings. The molecule has 3 aromatic heterocycles. The van der Waals surface area contributed by atoms with Gasteiger partial charge in [0.1, 0.15) is 5.65 Å². The average Bonchev–Trinajstić information content (AvgIpc) is 3.37. The van der Waals surface area contributed by atoms with Gasteiger partial charge in [-0.15, -0.1) is 0 Å². The smallest absolute Gasteiger partial charge is 0.289 e. The second kappa shape index (κ2) is 7.11. The van der Waals surface area contributed by atoms with Crippen LogP contribution < -0.4 is 0 Å². The first-order chi connectivity index (χ1) is 13.1. The zero-order valence-electron chi connectivity index (χ0n) is 15.0. The predicted octanol–water partition coefficient (Wildman–Crippen LogP) is 2.54. The van der Waals surface area contributed by atoms with Gasteiger partial charge in [0.25, 0.3) is 5.91 Å². The summed E-state index contributed by atoms with van der Waals surface area (Å²) in [5, 5.41) is 1.09. The highest BCUT2D eigenvalue weighted by atomic mass is 16.3. The lowest BCUT2D eigenvalue weighted by molar-refractivity contribution is -0.131. The molecule has 1 aliphatic rings. The van der Waals surface area contributed by atoms with Crippen molar-refractivity contribution in [2.24, 2.45) is 0 Å². The molecule has 0 bridgehead atoms. The second-order valence-corrected chi connectivity index (χ2v) is 6.56. The zero-order chi connectivity index (χ0) is 18.8. The molecule has 0 unspecified atom stereocenters. The molecular formula is C20H20N4O3. The maximum absolute atomic E-state index is 12.5. The van der Waals surface area contributed by atoms with E-state index in [2.05, 4.69) is 16.0 Å². The van der Waals surface area contributed by atoms with Crippen LogP contribution >= 0.6 is 0 Å². The van der Waals surface area contributed by atoms with Crippen molar-refractivity contribution in [3.63, 3.8) is 0 Å². The van der Waals surface area contributed by atoms with Crippen LogP contribution in [0.4, 0.5) is 0 Å². The Labute approximate surface area is 156 Å². The van der Waals surface area contributed by atoms with Crippen molar-refractivity contribution >= 4 is 28.4 Å². The Morgan fingerprint density at radius 2 is 2.22 bits per heavy atom. The number of carbonyl (C=O) groups is 2. The molecule has 27 heavy (non-hydrogen) atoms. The summed E-state index contributed by atoms with van der Waals surface area (Å²) in [5.41, 5.74) is 3.21. The van der Waals surface area contributed by atoms with Gasteiger partial charge >= 0.3 is 0 Å². The summed E-state index contributed by atoms with van der Waals surface area (Å²) in [6.45, 7) is 1.18. The Morgan fingerprint density at radius 3 is 2.96 bits per heavy atom. The molecule has 7 heteroatoms. The topological polar surface area (TPSA) is 82.4 Å². The number of nitrogens with zero attached hydrogens (tertiary/aromatic N) is 3. The fraction of sp³-hybridized carbons (Fsp3) is 0.250. The predicted molar refractivity (Wildman–Crippen MR) is 101 cm³/mol. The molecule has 4 rings (SSSR count). The Morgan fingerprint density at radius 1 is 1.33 bits per heavy atom. The van der Waals surface area contributed by atoms with Gasteiger partial charge in [-0.25, -0.2) is 4.98 Å². The Bertz CT molecular complexity index is 1000. The van der Waals surface area contributed by atoms with E-state index < -0.39 is 0 Å². The number of pyridine rings is 1. The number of hydrogen-bond acceptors (Lipinski definition) is 4. The summed E-state index contributed by atoms with van der Waals surface area (Å²) in [6, 6.07) is 7.21. The molecule has 0 atom stereocenters. The Hall–Kier alpha value is -3.35. The quantitative estimate of drug-likeness (QED) is 0.771. The van der Waals surface area contributed by atoms with E-state index in [1.54, 1.807) is 30.3 Å². The largest absolute Gasteiger partial charge is 0.459 e. The van der Waals surface area contributed by atoms with E-state index in [-0.39, 0.29) is 24.1 Å². The van der Waals surface area contributed by atoms with Gasteiger partial charge < -0.3 is 19.2 Å². The molecule has 0 saturated heterocycles. The first-order valence-electron chi connectivity index (χ1n) is 8.82. The molecule has 0 fully saturated rings. The standard InChI is InChI=1S/C20H20N4O3/c1-23(20(26)17-5-3-11-27-17)13-18(25)24-9-6-14(7-10-24)16-12-22-19-15(16)4-2-8-21-19/h2-6,8,11-12H,7,9-10,13H2,1H3,(H,21,22). The van der Waals surface area contributed by atoms with E-state index in [9.17, 15) is 9.59 Å². The number of carbonyl (C=O) groups excluding carboxylic acids is 2. The number of nitrogens with one attached hydrogen (secondary N) is 1. The van der Waals surface area contributed by atoms with Gasteiger partial charge in [-0.1, -0.05) is 6.08 Å². The Kier molecular flexibility index (Phi) is 4.50. The van der Waals surface area contributed by atoms with E-state index in [0.717, 1.165) is 23.0 Å². The summed E-state index contributed by atoms with van der Waals surface area (Å²) < 4.78 is 5.10. The summed E-state index contributed by atoms with van der Waals surface area (Å²) in [5.74, 6) is -0.139. The molecular weight excluding hydrogens is 344 g/mol. The second-order valence-electron chi connectivity index (χ2n) is 6.56. The van der Waals surface area contributed by atoms with Gasteiger partial charge in [-0.3, -0.25) is 9.59 Å². The lowest BCUT2D eigenvalue weighted by atomic mass is 9.99. The molecule has 0 radical (unpaired) electrons. The number of aromatic nitrogens is 2. The third kappa shape index (κ3) is 3.36. The summed E-state index contributed by atoms with van der Waals surface area (Å²) in [4.78, 5) is 35.4. The fourth-order valence-corrected chi connectivity index (χ4v) is 3.32. The molecule has 1 aliphatic heterocycles. The van der Waals surface area contributed by atoms with Crippen LogP contribution in [0.2, 0.25) is 0 Å². The van der Waals surface area contributed by atoms with Crippen molar-refractivity contribution < 1.29 is 14.0 Å². The van der Waals surface area contributed by atoms with Crippen LogP contribution in [-0.4, -0.2) is 58.3 Å². The van der Waals surface area contributed by atoms with Crippen LogP contribution in [0.5, 0.6) is 0 Å². The molecule has 0 saturated carbocycles. The van der Waals surface area contributed by atoms with E-state index >= 15 is 0 Å². The number of H-pyrrole nitrogens is 1. The van der Waals surface area contributed by atoms with Crippen LogP contribution in [0, 0.1) is 0 Å². The minimum Gasteiger partial charge on any atom is -0.459 e. The highest BCUT2D eigenvalue weighted by Gasteiger charge is 2.23. The molecule has 4 heterocycles. The fourth-order valence-electron chi connectivity index (χ4n) is 3.32. The van der Waals surface area contributed by atoms with Crippen molar-refractivity contribution in [1.82, 2.24) is 19.8 Å². The number of furan rings is 1. The number of hydrogen-bond donors (Lipinski definition) is 1. The van der Waals surface area contributed by atoms with E-state index in [1.807, 2.05) is 18.3 Å². The van der Waals surface area contributed by atoms with Crippen LogP contribution in [0.15, 0.2) is 53.4 Å². The average molecular weight is 364 g/mol. The zero-order valence-corrected chi connectivity index (χ0v) is 15.0. The van der Waals surface area contributed by atoms with Gasteiger partial charge in [0.2, 0.25) is 5.91 Å². The van der Waals surface area contributed by atoms with Gasteiger partial charge in [-0.05, 0) is 36.3 Å². The monoisotopic (exact) mass is 364 g/mol. The van der Waals surface area contributed by atoms with Crippen LogP contribution in [0.25, 0.3) is 16.6 Å². The van der Waals surface area contributed by atoms with Gasteiger partial charge in [0.05, 0.1) is 12.8 Å². The molecule has 1 N–H and O–H groups in total. The summed E-state index contributed by atoms with van der Waals surface area (Å²) >= 11 is 0. The van der Waals surface area contributed by atoms with E-state index in [1.165, 1.54) is 16.7 Å². The molecule has 0 aromatic carbocycles. The SMILES string of the molecule is CN(CC(=O)N1CC=C(c2c[nH]c3ncccc23)CC1)C(=O)c1ccco1. The van der Waals surface area contributed by atoms with Crippen molar-refractivity contribution in [2.45, 2.75) is 6.42 Å². The summed E-state index contributed by atoms with van der Waals surface area (Å²) in [7, 11) is 1.60. The van der Waals surface area contributed by atoms with Crippen molar-refractivity contribution in [2.75, 3.05) is 26.7 Å². The first-order valence-corrected chi connectivity index (χ1v) is 8.82. The van der Waals surface area contributed by atoms with Crippen molar-refractivity contribution in [3.05, 3.63) is 60.3 Å². The third-order valence-corrected chi connectivity index (χ3v) is 4.81. The normalized spacial score (nSPS) is 14.3. The highest BCUT2D eigenvalue weighted by molar-refractivity contribution is 5.94. The third-order valence-electron chi connectivity index (χ3n) is 4.81. The van der Waals surface area contributed by atoms with Gasteiger partial charge in [-0.2, -0.15) is 0 Å². The minimum absolute atomic E-state index is 0.0275. The molecule has 7 nitrogen and oxygen atoms in total. The maximum Gasteiger partial charge on any atom is 0.289 e. The van der Waals surface area contributed by atoms with Crippen LogP contribution in [0.3, 0.4) is 0 Å². The lowest BCUT2D eigenvalue weighted by Gasteiger charge is -2.28. The minimum atomic E-state index is -0.298. The first kappa shape index (κ1) is 17.1. The number of likely N-dealkylation sites (N-methyl/N-ethyl adjacent to an activating group) is 1. The van der Waals surface area contributed by atoms with E-state index in [0.29, 0.717) is 13.1 Å². The molecule has 0 aliphatic carbocycles. The van der Waals surface area contributed by atoms with Crippen molar-refractivity contribution in [1.29, 1.82) is 0 Å². The van der Waals surface area contributed by atoms with Crippen LogP contribution in [-0.2, 0) is 4.79 Å². The highest BCUT2D eigenvalue weighted by Crippen LogP contribution is 2.28. The van der Waals surface area contributed by atoms with Gasteiger partial charge in [0, 0.05) is 43.5 Å². The van der Waals surface area contributed by atoms with Gasteiger partial charge in [0.15, 0.2) is 5.76 Å². The lowest BCUT2D eigenvalue weighted by Crippen LogP contribution is -2.42. The number of rotatable bonds is 4. The summed E-state index contributed by atoms with van der Waals surface area (Å²) in [6.07, 6.45) is 8.02. The van der Waals surface area contributed by atoms with E-state index in [4.69, 9.17) is 4.42 Å². The molecule has 138 valence electrons. The number of aromatic amines is 1. The maximum atomic E-state index is 12.5. The Balaban J connectivity index is 1.41.